The second-order valence-electron chi connectivity index (χ2n) is 5.21. The summed E-state index contributed by atoms with van der Waals surface area (Å²) >= 11 is 0. The predicted octanol–water partition coefficient (Wildman–Crippen LogP) is 3.01. The minimum atomic E-state index is -0.469. The molecular weight excluding hydrogens is 244 g/mol. The van der Waals surface area contributed by atoms with E-state index in [4.69, 9.17) is 4.42 Å². The molecule has 1 saturated carbocycles. The van der Waals surface area contributed by atoms with Gasteiger partial charge in [-0.15, -0.1) is 0 Å². The molecule has 0 aromatic carbocycles. The van der Waals surface area contributed by atoms with Gasteiger partial charge in [0.15, 0.2) is 5.69 Å². The van der Waals surface area contributed by atoms with Crippen LogP contribution >= 0.6 is 0 Å². The van der Waals surface area contributed by atoms with Crippen LogP contribution in [0, 0.1) is 0 Å². The van der Waals surface area contributed by atoms with E-state index in [0.29, 0.717) is 17.1 Å². The normalized spacial score (nSPS) is 15.2. The third kappa shape index (κ3) is 1.99. The summed E-state index contributed by atoms with van der Waals surface area (Å²) in [5.41, 5.74) is 2.59. The lowest BCUT2D eigenvalue weighted by atomic mass is 10.0. The number of hydrogen-bond donors (Lipinski definition) is 0. The number of carbonyl (C=O) groups excluding carboxylic acids is 1. The first kappa shape index (κ1) is 12.1. The molecule has 1 aliphatic rings. The lowest BCUT2D eigenvalue weighted by Crippen LogP contribution is -2.05. The van der Waals surface area contributed by atoms with Gasteiger partial charge < -0.3 is 9.15 Å². The van der Waals surface area contributed by atoms with Crippen molar-refractivity contribution in [3.8, 4) is 0 Å². The number of rotatable bonds is 3. The van der Waals surface area contributed by atoms with Gasteiger partial charge in [-0.05, 0) is 18.8 Å². The van der Waals surface area contributed by atoms with E-state index in [1.165, 1.54) is 13.3 Å². The minimum absolute atomic E-state index is 0.230. The van der Waals surface area contributed by atoms with Crippen molar-refractivity contribution < 1.29 is 13.9 Å². The largest absolute Gasteiger partial charge is 0.464 e. The zero-order valence-electron chi connectivity index (χ0n) is 11.3. The van der Waals surface area contributed by atoms with Gasteiger partial charge in [0, 0.05) is 11.5 Å². The van der Waals surface area contributed by atoms with Gasteiger partial charge in [0.25, 0.3) is 0 Å². The van der Waals surface area contributed by atoms with Crippen LogP contribution < -0.4 is 0 Å². The molecule has 0 aliphatic heterocycles. The third-order valence-electron chi connectivity index (χ3n) is 3.37. The Bertz CT molecular complexity index is 641. The second kappa shape index (κ2) is 4.33. The molecule has 5 heteroatoms. The molecule has 0 N–H and O–H groups in total. The average Bonchev–Trinajstić information content (AvgIpc) is 3.17. The molecule has 5 nitrogen and oxygen atoms in total. The molecule has 2 aromatic heterocycles. The fourth-order valence-corrected chi connectivity index (χ4v) is 2.30. The summed E-state index contributed by atoms with van der Waals surface area (Å²) in [7, 11) is 1.34. The van der Waals surface area contributed by atoms with E-state index < -0.39 is 5.97 Å². The number of methoxy groups -OCH3 is 1. The van der Waals surface area contributed by atoms with Gasteiger partial charge in [-0.1, -0.05) is 13.8 Å². The lowest BCUT2D eigenvalue weighted by molar-refractivity contribution is 0.0594. The van der Waals surface area contributed by atoms with Crippen LogP contribution in [0.15, 0.2) is 10.6 Å². The van der Waals surface area contributed by atoms with Crippen LogP contribution in [0.5, 0.6) is 0 Å². The summed E-state index contributed by atoms with van der Waals surface area (Å²) in [6, 6.07) is 0. The van der Waals surface area contributed by atoms with Crippen LogP contribution in [0.2, 0.25) is 0 Å². The van der Waals surface area contributed by atoms with Crippen molar-refractivity contribution in [3.05, 3.63) is 23.2 Å². The van der Waals surface area contributed by atoms with Crippen LogP contribution in [0.3, 0.4) is 0 Å². The van der Waals surface area contributed by atoms with Gasteiger partial charge in [0.2, 0.25) is 5.71 Å². The summed E-state index contributed by atoms with van der Waals surface area (Å²) in [5.74, 6) is 1.26. The standard InChI is InChI=1S/C14H16N2O3/c1-7(2)12-10(8-4-5-8)11-13(19-12)15-6-9(16-11)14(17)18-3/h6-8H,4-5H2,1-3H3. The molecule has 0 radical (unpaired) electrons. The molecule has 1 aliphatic carbocycles. The maximum Gasteiger partial charge on any atom is 0.358 e. The monoisotopic (exact) mass is 260 g/mol. The molecule has 0 atom stereocenters. The molecular formula is C14H16N2O3. The zero-order valence-corrected chi connectivity index (χ0v) is 11.3. The molecule has 2 aromatic rings. The van der Waals surface area contributed by atoms with Crippen molar-refractivity contribution in [1.29, 1.82) is 0 Å². The Morgan fingerprint density at radius 1 is 1.47 bits per heavy atom. The summed E-state index contributed by atoms with van der Waals surface area (Å²) < 4.78 is 10.5. The number of furan rings is 1. The first-order valence-corrected chi connectivity index (χ1v) is 6.49. The number of ether oxygens (including phenoxy) is 1. The highest BCUT2D eigenvalue weighted by molar-refractivity contribution is 5.89. The van der Waals surface area contributed by atoms with Gasteiger partial charge in [0.05, 0.1) is 13.3 Å². The van der Waals surface area contributed by atoms with Gasteiger partial charge in [-0.25, -0.2) is 14.8 Å². The van der Waals surface area contributed by atoms with E-state index in [9.17, 15) is 4.79 Å². The Hall–Kier alpha value is -1.91. The fraction of sp³-hybridized carbons (Fsp3) is 0.500. The van der Waals surface area contributed by atoms with E-state index >= 15 is 0 Å². The molecule has 19 heavy (non-hydrogen) atoms. The zero-order chi connectivity index (χ0) is 13.6. The predicted molar refractivity (Wildman–Crippen MR) is 69.2 cm³/mol. The number of esters is 1. The van der Waals surface area contributed by atoms with Crippen molar-refractivity contribution in [1.82, 2.24) is 9.97 Å². The van der Waals surface area contributed by atoms with Crippen molar-refractivity contribution in [3.63, 3.8) is 0 Å². The number of fused-ring (bicyclic) bond motifs is 1. The molecule has 2 heterocycles. The first-order chi connectivity index (χ1) is 9.11. The average molecular weight is 260 g/mol. The SMILES string of the molecule is COC(=O)c1cnc2oc(C(C)C)c(C3CC3)c2n1. The molecule has 1 fully saturated rings. The number of nitrogens with zero attached hydrogens (tertiary/aromatic N) is 2. The Labute approximate surface area is 111 Å². The van der Waals surface area contributed by atoms with Crippen molar-refractivity contribution in [2.24, 2.45) is 0 Å². The summed E-state index contributed by atoms with van der Waals surface area (Å²) in [4.78, 5) is 20.1. The van der Waals surface area contributed by atoms with Gasteiger partial charge in [-0.2, -0.15) is 0 Å². The van der Waals surface area contributed by atoms with Gasteiger partial charge in [0.1, 0.15) is 11.3 Å². The summed E-state index contributed by atoms with van der Waals surface area (Å²) in [6.07, 6.45) is 3.70. The quantitative estimate of drug-likeness (QED) is 0.794. The Morgan fingerprint density at radius 3 is 2.79 bits per heavy atom. The Kier molecular flexibility index (Phi) is 2.77. The first-order valence-electron chi connectivity index (χ1n) is 6.49. The second-order valence-corrected chi connectivity index (χ2v) is 5.21. The van der Waals surface area contributed by atoms with Crippen LogP contribution in [0.1, 0.15) is 60.3 Å². The summed E-state index contributed by atoms with van der Waals surface area (Å²) in [6.45, 7) is 4.18. The minimum Gasteiger partial charge on any atom is -0.464 e. The Balaban J connectivity index is 2.20. The van der Waals surface area contributed by atoms with Crippen LogP contribution in [-0.2, 0) is 4.74 Å². The van der Waals surface area contributed by atoms with E-state index in [1.807, 2.05) is 0 Å². The maximum absolute atomic E-state index is 11.5. The highest BCUT2D eigenvalue weighted by Crippen LogP contribution is 2.47. The topological polar surface area (TPSA) is 65.2 Å². The van der Waals surface area contributed by atoms with E-state index in [-0.39, 0.29) is 11.6 Å². The number of hydrogen-bond acceptors (Lipinski definition) is 5. The smallest absolute Gasteiger partial charge is 0.358 e. The highest BCUT2D eigenvalue weighted by atomic mass is 16.5. The molecule has 0 bridgehead atoms. The van der Waals surface area contributed by atoms with E-state index in [0.717, 1.165) is 24.2 Å². The van der Waals surface area contributed by atoms with Crippen molar-refractivity contribution in [2.75, 3.05) is 7.11 Å². The Morgan fingerprint density at radius 2 is 2.21 bits per heavy atom. The molecule has 100 valence electrons. The van der Waals surface area contributed by atoms with Crippen LogP contribution in [0.25, 0.3) is 11.2 Å². The van der Waals surface area contributed by atoms with Crippen molar-refractivity contribution >= 4 is 17.2 Å². The molecule has 0 amide bonds. The summed E-state index contributed by atoms with van der Waals surface area (Å²) in [5, 5.41) is 0. The maximum atomic E-state index is 11.5. The molecule has 0 spiro atoms. The van der Waals surface area contributed by atoms with E-state index in [2.05, 4.69) is 28.6 Å². The third-order valence-corrected chi connectivity index (χ3v) is 3.37. The fourth-order valence-electron chi connectivity index (χ4n) is 2.30. The number of aromatic nitrogens is 2. The molecule has 0 saturated heterocycles. The highest BCUT2D eigenvalue weighted by Gasteiger charge is 2.33. The van der Waals surface area contributed by atoms with E-state index in [1.54, 1.807) is 0 Å². The lowest BCUT2D eigenvalue weighted by Gasteiger charge is -2.03. The van der Waals surface area contributed by atoms with Gasteiger partial charge >= 0.3 is 5.97 Å². The molecule has 0 unspecified atom stereocenters. The van der Waals surface area contributed by atoms with Crippen LogP contribution in [0.4, 0.5) is 0 Å². The van der Waals surface area contributed by atoms with Crippen molar-refractivity contribution in [2.45, 2.75) is 38.5 Å². The molecule has 3 rings (SSSR count). The van der Waals surface area contributed by atoms with Crippen LogP contribution in [-0.4, -0.2) is 23.0 Å². The number of carbonyl (C=O) groups is 1. The van der Waals surface area contributed by atoms with Gasteiger partial charge in [-0.3, -0.25) is 0 Å².